The fourth-order valence-corrected chi connectivity index (χ4v) is 3.37. The molecule has 1 saturated heterocycles. The minimum absolute atomic E-state index is 0.314. The molecule has 1 amide bonds. The first-order chi connectivity index (χ1) is 14.1. The van der Waals surface area contributed by atoms with E-state index in [2.05, 4.69) is 22.3 Å². The van der Waals surface area contributed by atoms with Gasteiger partial charge in [-0.1, -0.05) is 43.2 Å². The van der Waals surface area contributed by atoms with Gasteiger partial charge in [0.15, 0.2) is 6.61 Å². The van der Waals surface area contributed by atoms with E-state index >= 15 is 0 Å². The van der Waals surface area contributed by atoms with Crippen LogP contribution in [-0.2, 0) is 14.3 Å². The molecular formula is C24H28N2O3. The van der Waals surface area contributed by atoms with Gasteiger partial charge in [0.25, 0.3) is 5.91 Å². The Labute approximate surface area is 172 Å². The van der Waals surface area contributed by atoms with Crippen molar-refractivity contribution in [2.45, 2.75) is 32.6 Å². The van der Waals surface area contributed by atoms with Crippen molar-refractivity contribution in [3.63, 3.8) is 0 Å². The van der Waals surface area contributed by atoms with Gasteiger partial charge in [-0.15, -0.1) is 0 Å². The highest BCUT2D eigenvalue weighted by Crippen LogP contribution is 2.20. The Morgan fingerprint density at radius 1 is 1.00 bits per heavy atom. The summed E-state index contributed by atoms with van der Waals surface area (Å²) < 4.78 is 5.02. The van der Waals surface area contributed by atoms with Gasteiger partial charge >= 0.3 is 5.97 Å². The fourth-order valence-electron chi connectivity index (χ4n) is 3.37. The summed E-state index contributed by atoms with van der Waals surface area (Å²) in [5.74, 6) is -0.899. The number of ether oxygens (including phenoxy) is 1. The van der Waals surface area contributed by atoms with E-state index in [9.17, 15) is 9.59 Å². The van der Waals surface area contributed by atoms with Crippen LogP contribution in [0.1, 0.15) is 36.8 Å². The maximum atomic E-state index is 11.9. The highest BCUT2D eigenvalue weighted by Gasteiger charge is 2.10. The molecule has 0 spiro atoms. The van der Waals surface area contributed by atoms with Crippen molar-refractivity contribution in [1.82, 2.24) is 0 Å². The highest BCUT2D eigenvalue weighted by molar-refractivity contribution is 5.95. The summed E-state index contributed by atoms with van der Waals surface area (Å²) in [6.45, 7) is 3.80. The molecule has 1 fully saturated rings. The molecule has 2 aromatic rings. The largest absolute Gasteiger partial charge is 0.452 e. The molecule has 1 aliphatic rings. The van der Waals surface area contributed by atoms with Crippen molar-refractivity contribution < 1.29 is 14.3 Å². The van der Waals surface area contributed by atoms with Crippen LogP contribution < -0.4 is 10.2 Å². The van der Waals surface area contributed by atoms with Crippen molar-refractivity contribution in [3.05, 3.63) is 65.7 Å². The Hall–Kier alpha value is -3.08. The van der Waals surface area contributed by atoms with Crippen LogP contribution in [0.25, 0.3) is 6.08 Å². The summed E-state index contributed by atoms with van der Waals surface area (Å²) in [5.41, 5.74) is 3.81. The van der Waals surface area contributed by atoms with Crippen molar-refractivity contribution in [3.8, 4) is 0 Å². The maximum absolute atomic E-state index is 11.9. The standard InChI is InChI=1S/C24H28N2O3/c1-19-8-4-5-9-22(19)25-23(27)18-29-24(28)15-12-20-10-13-21(14-11-20)26-16-6-2-3-7-17-26/h4-5,8-15H,2-3,6-7,16-18H2,1H3,(H,25,27)/b15-12+. The van der Waals surface area contributed by atoms with Crippen molar-refractivity contribution in [2.24, 2.45) is 0 Å². The summed E-state index contributed by atoms with van der Waals surface area (Å²) in [6, 6.07) is 15.6. The number of para-hydroxylation sites is 1. The quantitative estimate of drug-likeness (QED) is 0.578. The minimum Gasteiger partial charge on any atom is -0.452 e. The second kappa shape index (κ2) is 10.5. The molecule has 1 heterocycles. The molecule has 5 nitrogen and oxygen atoms in total. The summed E-state index contributed by atoms with van der Waals surface area (Å²) >= 11 is 0. The Morgan fingerprint density at radius 3 is 2.38 bits per heavy atom. The molecule has 5 heteroatoms. The van der Waals surface area contributed by atoms with Crippen LogP contribution in [-0.4, -0.2) is 31.6 Å². The van der Waals surface area contributed by atoms with E-state index in [1.165, 1.54) is 37.4 Å². The second-order valence-corrected chi connectivity index (χ2v) is 7.30. The van der Waals surface area contributed by atoms with Gasteiger partial charge in [-0.05, 0) is 55.2 Å². The van der Waals surface area contributed by atoms with E-state index in [0.29, 0.717) is 5.69 Å². The van der Waals surface area contributed by atoms with Crippen LogP contribution in [0.3, 0.4) is 0 Å². The number of esters is 1. The lowest BCUT2D eigenvalue weighted by molar-refractivity contribution is -0.142. The van der Waals surface area contributed by atoms with Gasteiger partial charge < -0.3 is 15.0 Å². The van der Waals surface area contributed by atoms with Gasteiger partial charge in [0, 0.05) is 30.5 Å². The topological polar surface area (TPSA) is 58.6 Å². The molecule has 2 aromatic carbocycles. The Balaban J connectivity index is 1.46. The number of aryl methyl sites for hydroxylation is 1. The van der Waals surface area contributed by atoms with E-state index in [1.807, 2.05) is 43.3 Å². The Morgan fingerprint density at radius 2 is 1.69 bits per heavy atom. The van der Waals surface area contributed by atoms with Crippen LogP contribution in [0.4, 0.5) is 11.4 Å². The zero-order chi connectivity index (χ0) is 20.5. The van der Waals surface area contributed by atoms with Crippen molar-refractivity contribution in [2.75, 3.05) is 29.9 Å². The molecule has 1 N–H and O–H groups in total. The third-order valence-electron chi connectivity index (χ3n) is 5.04. The number of nitrogens with one attached hydrogen (secondary N) is 1. The van der Waals surface area contributed by atoms with Crippen LogP contribution in [0, 0.1) is 6.92 Å². The third kappa shape index (κ3) is 6.49. The second-order valence-electron chi connectivity index (χ2n) is 7.30. The number of carbonyl (C=O) groups is 2. The molecule has 0 unspecified atom stereocenters. The van der Waals surface area contributed by atoms with Crippen molar-refractivity contribution in [1.29, 1.82) is 0 Å². The third-order valence-corrected chi connectivity index (χ3v) is 5.04. The number of rotatable bonds is 6. The first-order valence-corrected chi connectivity index (χ1v) is 10.2. The number of amides is 1. The van der Waals surface area contributed by atoms with Crippen LogP contribution in [0.5, 0.6) is 0 Å². The Kier molecular flexibility index (Phi) is 7.45. The number of hydrogen-bond acceptors (Lipinski definition) is 4. The molecule has 0 saturated carbocycles. The average molecular weight is 392 g/mol. The van der Waals surface area contributed by atoms with Gasteiger partial charge in [-0.3, -0.25) is 4.79 Å². The number of nitrogens with zero attached hydrogens (tertiary/aromatic N) is 1. The van der Waals surface area contributed by atoms with Crippen LogP contribution >= 0.6 is 0 Å². The number of hydrogen-bond donors (Lipinski definition) is 1. The minimum atomic E-state index is -0.540. The molecule has 0 atom stereocenters. The monoisotopic (exact) mass is 392 g/mol. The van der Waals surface area contributed by atoms with Crippen molar-refractivity contribution >= 4 is 29.3 Å². The zero-order valence-corrected chi connectivity index (χ0v) is 16.9. The van der Waals surface area contributed by atoms with E-state index in [0.717, 1.165) is 24.2 Å². The maximum Gasteiger partial charge on any atom is 0.331 e. The van der Waals surface area contributed by atoms with Gasteiger partial charge in [-0.2, -0.15) is 0 Å². The lowest BCUT2D eigenvalue weighted by Gasteiger charge is -2.22. The van der Waals surface area contributed by atoms with E-state index in [-0.39, 0.29) is 12.5 Å². The summed E-state index contributed by atoms with van der Waals surface area (Å²) in [6.07, 6.45) is 8.15. The van der Waals surface area contributed by atoms with Gasteiger partial charge in [0.05, 0.1) is 0 Å². The first kappa shape index (κ1) is 20.6. The van der Waals surface area contributed by atoms with Gasteiger partial charge in [-0.25, -0.2) is 4.79 Å². The molecule has 0 bridgehead atoms. The molecule has 152 valence electrons. The number of benzene rings is 2. The smallest absolute Gasteiger partial charge is 0.331 e. The van der Waals surface area contributed by atoms with Gasteiger partial charge in [0.2, 0.25) is 0 Å². The average Bonchev–Trinajstić information content (AvgIpc) is 3.02. The normalized spacial score (nSPS) is 14.4. The zero-order valence-electron chi connectivity index (χ0n) is 16.9. The lowest BCUT2D eigenvalue weighted by atomic mass is 10.1. The Bertz CT molecular complexity index is 851. The van der Waals surface area contributed by atoms with E-state index < -0.39 is 5.97 Å². The number of anilines is 2. The molecule has 0 radical (unpaired) electrons. The molecule has 0 aliphatic carbocycles. The molecule has 29 heavy (non-hydrogen) atoms. The summed E-state index contributed by atoms with van der Waals surface area (Å²) in [4.78, 5) is 26.3. The SMILES string of the molecule is Cc1ccccc1NC(=O)COC(=O)/C=C/c1ccc(N2CCCCCC2)cc1. The fraction of sp³-hybridized carbons (Fsp3) is 0.333. The molecule has 1 aliphatic heterocycles. The van der Waals surface area contributed by atoms with Crippen LogP contribution in [0.2, 0.25) is 0 Å². The molecular weight excluding hydrogens is 364 g/mol. The van der Waals surface area contributed by atoms with E-state index in [4.69, 9.17) is 4.74 Å². The first-order valence-electron chi connectivity index (χ1n) is 10.2. The predicted octanol–water partition coefficient (Wildman–Crippen LogP) is 4.57. The summed E-state index contributed by atoms with van der Waals surface area (Å²) in [7, 11) is 0. The lowest BCUT2D eigenvalue weighted by Crippen LogP contribution is -2.23. The van der Waals surface area contributed by atoms with E-state index in [1.54, 1.807) is 6.08 Å². The summed E-state index contributed by atoms with van der Waals surface area (Å²) in [5, 5.41) is 2.74. The van der Waals surface area contributed by atoms with Crippen LogP contribution in [0.15, 0.2) is 54.6 Å². The molecule has 3 rings (SSSR count). The number of carbonyl (C=O) groups excluding carboxylic acids is 2. The highest BCUT2D eigenvalue weighted by atomic mass is 16.5. The van der Waals surface area contributed by atoms with Gasteiger partial charge in [0.1, 0.15) is 0 Å². The molecule has 0 aromatic heterocycles. The predicted molar refractivity (Wildman–Crippen MR) is 117 cm³/mol.